The molecule has 0 saturated carbocycles. The van der Waals surface area contributed by atoms with E-state index in [9.17, 15) is 13.2 Å². The molecule has 0 aliphatic carbocycles. The molecule has 1 aromatic rings. The van der Waals surface area contributed by atoms with E-state index in [1.165, 1.54) is 33.3 Å². The Hall–Kier alpha value is -1.60. The average Bonchev–Trinajstić information content (AvgIpc) is 2.46. The van der Waals surface area contributed by atoms with Gasteiger partial charge in [0.1, 0.15) is 11.0 Å². The maximum atomic E-state index is 12.3. The molecular weight excluding hydrogens is 282 g/mol. The third kappa shape index (κ3) is 3.94. The number of carbonyl (C=O) groups is 1. The second kappa shape index (κ2) is 7.25. The first kappa shape index (κ1) is 16.5. The molecule has 1 unspecified atom stereocenters. The maximum Gasteiger partial charge on any atom is 0.238 e. The van der Waals surface area contributed by atoms with Crippen LogP contribution < -0.4 is 10.1 Å². The Bertz CT molecular complexity index is 556. The van der Waals surface area contributed by atoms with E-state index in [0.29, 0.717) is 12.4 Å². The lowest BCUT2D eigenvalue weighted by Gasteiger charge is -2.13. The molecule has 112 valence electrons. The zero-order chi connectivity index (χ0) is 15.2. The van der Waals surface area contributed by atoms with Crippen molar-refractivity contribution in [2.24, 2.45) is 0 Å². The molecule has 1 amide bonds. The van der Waals surface area contributed by atoms with Crippen molar-refractivity contribution in [3.05, 3.63) is 24.3 Å². The highest BCUT2D eigenvalue weighted by Crippen LogP contribution is 2.21. The van der Waals surface area contributed by atoms with Crippen LogP contribution in [0, 0.1) is 0 Å². The Morgan fingerprint density at radius 3 is 2.65 bits per heavy atom. The number of methoxy groups -OCH3 is 2. The molecule has 0 fully saturated rings. The van der Waals surface area contributed by atoms with E-state index in [2.05, 4.69) is 5.32 Å². The minimum absolute atomic E-state index is 0.0613. The lowest BCUT2D eigenvalue weighted by atomic mass is 10.3. The number of hydrogen-bond acceptors (Lipinski definition) is 5. The molecule has 1 aromatic carbocycles. The van der Waals surface area contributed by atoms with Crippen LogP contribution in [0.1, 0.15) is 6.92 Å². The lowest BCUT2D eigenvalue weighted by Crippen LogP contribution is -2.39. The van der Waals surface area contributed by atoms with Gasteiger partial charge in [-0.15, -0.1) is 0 Å². The monoisotopic (exact) mass is 301 g/mol. The third-order valence-corrected chi connectivity index (χ3v) is 4.87. The quantitative estimate of drug-likeness (QED) is 0.747. The molecular formula is C13H19NO5S. The molecule has 7 heteroatoms. The number of carbonyl (C=O) groups excluding carboxylic acids is 1. The van der Waals surface area contributed by atoms with Crippen molar-refractivity contribution < 1.29 is 22.7 Å². The van der Waals surface area contributed by atoms with Crippen molar-refractivity contribution in [3.63, 3.8) is 0 Å². The van der Waals surface area contributed by atoms with Crippen LogP contribution in [0.25, 0.3) is 0 Å². The highest BCUT2D eigenvalue weighted by atomic mass is 32.2. The van der Waals surface area contributed by atoms with Crippen LogP contribution in [0.2, 0.25) is 0 Å². The Kier molecular flexibility index (Phi) is 5.97. The number of sulfone groups is 1. The first-order valence-electron chi connectivity index (χ1n) is 6.08. The van der Waals surface area contributed by atoms with Crippen LogP contribution in [0.5, 0.6) is 5.75 Å². The normalized spacial score (nSPS) is 12.8. The molecule has 0 radical (unpaired) electrons. The molecule has 1 N–H and O–H groups in total. The summed E-state index contributed by atoms with van der Waals surface area (Å²) in [5, 5.41) is 1.34. The molecule has 6 nitrogen and oxygen atoms in total. The minimum Gasteiger partial charge on any atom is -0.497 e. The molecule has 0 saturated heterocycles. The summed E-state index contributed by atoms with van der Waals surface area (Å²) in [6.45, 7) is 1.96. The molecule has 0 spiro atoms. The molecule has 0 aromatic heterocycles. The summed E-state index contributed by atoms with van der Waals surface area (Å²) in [4.78, 5) is 11.9. The van der Waals surface area contributed by atoms with Crippen LogP contribution in [0.15, 0.2) is 29.2 Å². The largest absolute Gasteiger partial charge is 0.497 e. The van der Waals surface area contributed by atoms with E-state index in [-0.39, 0.29) is 11.4 Å². The fraction of sp³-hybridized carbons (Fsp3) is 0.462. The van der Waals surface area contributed by atoms with Gasteiger partial charge in [0.15, 0.2) is 9.84 Å². The molecule has 0 heterocycles. The summed E-state index contributed by atoms with van der Waals surface area (Å²) < 4.78 is 34.4. The van der Waals surface area contributed by atoms with Gasteiger partial charge in [-0.3, -0.25) is 4.79 Å². The molecule has 1 rings (SSSR count). The van der Waals surface area contributed by atoms with Gasteiger partial charge in [-0.1, -0.05) is 6.07 Å². The van der Waals surface area contributed by atoms with Gasteiger partial charge < -0.3 is 14.8 Å². The van der Waals surface area contributed by atoms with Gasteiger partial charge in [-0.05, 0) is 25.1 Å². The number of amides is 1. The Balaban J connectivity index is 2.88. The van der Waals surface area contributed by atoms with Crippen molar-refractivity contribution in [1.29, 1.82) is 0 Å². The zero-order valence-electron chi connectivity index (χ0n) is 11.8. The smallest absolute Gasteiger partial charge is 0.238 e. The lowest BCUT2D eigenvalue weighted by molar-refractivity contribution is -0.120. The van der Waals surface area contributed by atoms with Crippen molar-refractivity contribution in [1.82, 2.24) is 5.32 Å². The summed E-state index contributed by atoms with van der Waals surface area (Å²) in [5.41, 5.74) is 0. The molecule has 0 aliphatic rings. The Morgan fingerprint density at radius 2 is 2.05 bits per heavy atom. The van der Waals surface area contributed by atoms with Gasteiger partial charge in [-0.25, -0.2) is 8.42 Å². The maximum absolute atomic E-state index is 12.3. The number of rotatable bonds is 7. The van der Waals surface area contributed by atoms with Crippen LogP contribution in [-0.4, -0.2) is 46.9 Å². The SMILES string of the molecule is COCCNC(=O)C(C)S(=O)(=O)c1cccc(OC)c1. The van der Waals surface area contributed by atoms with Gasteiger partial charge in [0.2, 0.25) is 5.91 Å². The average molecular weight is 301 g/mol. The van der Waals surface area contributed by atoms with Crippen molar-refractivity contribution in [2.45, 2.75) is 17.1 Å². The van der Waals surface area contributed by atoms with Crippen molar-refractivity contribution in [3.8, 4) is 5.75 Å². The summed E-state index contributed by atoms with van der Waals surface area (Å²) in [6, 6.07) is 6.05. The predicted octanol–water partition coefficient (Wildman–Crippen LogP) is 0.620. The molecule has 20 heavy (non-hydrogen) atoms. The first-order chi connectivity index (χ1) is 9.43. The second-order valence-corrected chi connectivity index (χ2v) is 6.42. The standard InChI is InChI=1S/C13H19NO5S/c1-10(13(15)14-7-8-18-2)20(16,17)12-6-4-5-11(9-12)19-3/h4-6,9-10H,7-8H2,1-3H3,(H,14,15). The van der Waals surface area contributed by atoms with Crippen LogP contribution in [0.4, 0.5) is 0 Å². The summed E-state index contributed by atoms with van der Waals surface area (Å²) in [5.74, 6) is -0.122. The van der Waals surface area contributed by atoms with E-state index < -0.39 is 21.0 Å². The van der Waals surface area contributed by atoms with Gasteiger partial charge in [-0.2, -0.15) is 0 Å². The van der Waals surface area contributed by atoms with E-state index in [4.69, 9.17) is 9.47 Å². The van der Waals surface area contributed by atoms with Crippen LogP contribution >= 0.6 is 0 Å². The van der Waals surface area contributed by atoms with Gasteiger partial charge in [0.05, 0.1) is 18.6 Å². The van der Waals surface area contributed by atoms with E-state index in [1.807, 2.05) is 0 Å². The van der Waals surface area contributed by atoms with Crippen LogP contribution in [0.3, 0.4) is 0 Å². The number of nitrogens with one attached hydrogen (secondary N) is 1. The van der Waals surface area contributed by atoms with E-state index >= 15 is 0 Å². The minimum atomic E-state index is -3.74. The Labute approximate surface area is 119 Å². The highest BCUT2D eigenvalue weighted by molar-refractivity contribution is 7.92. The first-order valence-corrected chi connectivity index (χ1v) is 7.62. The highest BCUT2D eigenvalue weighted by Gasteiger charge is 2.29. The van der Waals surface area contributed by atoms with E-state index in [0.717, 1.165) is 0 Å². The van der Waals surface area contributed by atoms with E-state index in [1.54, 1.807) is 12.1 Å². The number of hydrogen-bond donors (Lipinski definition) is 1. The molecule has 0 bridgehead atoms. The molecule has 0 aliphatic heterocycles. The second-order valence-electron chi connectivity index (χ2n) is 4.15. The summed E-state index contributed by atoms with van der Waals surface area (Å²) in [7, 11) is -0.787. The summed E-state index contributed by atoms with van der Waals surface area (Å²) in [6.07, 6.45) is 0. The topological polar surface area (TPSA) is 81.7 Å². The van der Waals surface area contributed by atoms with Gasteiger partial charge >= 0.3 is 0 Å². The fourth-order valence-electron chi connectivity index (χ4n) is 1.54. The third-order valence-electron chi connectivity index (χ3n) is 2.81. The molecule has 1 atom stereocenters. The van der Waals surface area contributed by atoms with Crippen molar-refractivity contribution in [2.75, 3.05) is 27.4 Å². The summed E-state index contributed by atoms with van der Waals surface area (Å²) >= 11 is 0. The fourth-order valence-corrected chi connectivity index (χ4v) is 2.87. The van der Waals surface area contributed by atoms with Crippen LogP contribution in [-0.2, 0) is 19.4 Å². The Morgan fingerprint density at radius 1 is 1.35 bits per heavy atom. The predicted molar refractivity (Wildman–Crippen MR) is 74.5 cm³/mol. The van der Waals surface area contributed by atoms with Gasteiger partial charge in [0.25, 0.3) is 0 Å². The number of ether oxygens (including phenoxy) is 2. The van der Waals surface area contributed by atoms with Crippen molar-refractivity contribution >= 4 is 15.7 Å². The zero-order valence-corrected chi connectivity index (χ0v) is 12.6. The number of benzene rings is 1. The van der Waals surface area contributed by atoms with Gasteiger partial charge in [0, 0.05) is 13.7 Å².